The third kappa shape index (κ3) is 2.51. The second kappa shape index (κ2) is 4.90. The van der Waals surface area contributed by atoms with Crippen molar-refractivity contribution in [3.05, 3.63) is 46.4 Å². The van der Waals surface area contributed by atoms with E-state index in [1.165, 1.54) is 24.3 Å². The molecular formula is C12H10N6O+2. The van der Waals surface area contributed by atoms with Crippen molar-refractivity contribution in [2.24, 2.45) is 0 Å². The number of anilines is 2. The Kier molecular flexibility index (Phi) is 3.13. The fraction of sp³-hybridized carbons (Fsp3) is 0. The van der Waals surface area contributed by atoms with E-state index in [9.17, 15) is 0 Å². The standard InChI is InChI=1S/C12H10N6O/c13-9-3-1-7(17-15)5-11(9)19-12-6-8(18-16)2-4-10(12)14/h1-6H,13-14H2/q+2. The normalized spacial score (nSPS) is 9.37. The predicted molar refractivity (Wildman–Crippen MR) is 71.3 cm³/mol. The number of hydrogen-bond acceptors (Lipinski definition) is 5. The van der Waals surface area contributed by atoms with E-state index >= 15 is 0 Å². The van der Waals surface area contributed by atoms with E-state index in [0.717, 1.165) is 0 Å². The molecule has 0 aliphatic rings. The summed E-state index contributed by atoms with van der Waals surface area (Å²) >= 11 is 0. The van der Waals surface area contributed by atoms with Gasteiger partial charge in [-0.2, -0.15) is 0 Å². The van der Waals surface area contributed by atoms with Gasteiger partial charge in [0.05, 0.1) is 23.5 Å². The van der Waals surface area contributed by atoms with Gasteiger partial charge in [-0.25, -0.2) is 0 Å². The van der Waals surface area contributed by atoms with Crippen LogP contribution in [0.5, 0.6) is 11.5 Å². The van der Waals surface area contributed by atoms with E-state index in [1.807, 2.05) is 0 Å². The summed E-state index contributed by atoms with van der Waals surface area (Å²) < 4.78 is 5.53. The fourth-order valence-electron chi connectivity index (χ4n) is 1.47. The van der Waals surface area contributed by atoms with Gasteiger partial charge in [0.25, 0.3) is 0 Å². The molecule has 4 N–H and O–H groups in total. The molecule has 0 amide bonds. The van der Waals surface area contributed by atoms with Crippen molar-refractivity contribution in [2.75, 3.05) is 11.5 Å². The maximum absolute atomic E-state index is 8.71. The molecule has 0 saturated heterocycles. The lowest BCUT2D eigenvalue weighted by molar-refractivity contribution is 0.488. The van der Waals surface area contributed by atoms with E-state index < -0.39 is 0 Å². The lowest BCUT2D eigenvalue weighted by Crippen LogP contribution is -1.95. The number of hydrogen-bond donors (Lipinski definition) is 2. The zero-order valence-corrected chi connectivity index (χ0v) is 9.82. The summed E-state index contributed by atoms with van der Waals surface area (Å²) in [5, 5.41) is 17.4. The Morgan fingerprint density at radius 3 is 1.58 bits per heavy atom. The first kappa shape index (κ1) is 12.1. The van der Waals surface area contributed by atoms with Crippen LogP contribution in [-0.4, -0.2) is 0 Å². The Bertz CT molecular complexity index is 652. The number of nitrogens with zero attached hydrogens (tertiary/aromatic N) is 4. The number of diazo groups is 2. The van der Waals surface area contributed by atoms with Crippen LogP contribution in [0, 0.1) is 10.8 Å². The van der Waals surface area contributed by atoms with Crippen LogP contribution in [0.4, 0.5) is 22.7 Å². The molecule has 0 radical (unpaired) electrons. The summed E-state index contributed by atoms with van der Waals surface area (Å²) in [4.78, 5) is 6.09. The maximum Gasteiger partial charge on any atom is 0.388 e. The van der Waals surface area contributed by atoms with Crippen molar-refractivity contribution in [2.45, 2.75) is 0 Å². The van der Waals surface area contributed by atoms with E-state index in [4.69, 9.17) is 27.0 Å². The average molecular weight is 254 g/mol. The van der Waals surface area contributed by atoms with Gasteiger partial charge in [-0.1, -0.05) is 0 Å². The molecule has 0 fully saturated rings. The molecule has 2 aromatic carbocycles. The SMILES string of the molecule is N#[N+]c1ccc(N)c(Oc2cc([N+]#N)ccc2N)c1. The Balaban J connectivity index is 2.42. The molecule has 0 atom stereocenters. The van der Waals surface area contributed by atoms with Gasteiger partial charge in [-0.3, -0.25) is 0 Å². The summed E-state index contributed by atoms with van der Waals surface area (Å²) in [7, 11) is 0. The van der Waals surface area contributed by atoms with Crippen LogP contribution in [0.3, 0.4) is 0 Å². The van der Waals surface area contributed by atoms with Crippen molar-refractivity contribution in [1.82, 2.24) is 0 Å². The fourth-order valence-corrected chi connectivity index (χ4v) is 1.47. The summed E-state index contributed by atoms with van der Waals surface area (Å²) in [5.41, 5.74) is 12.8. The van der Waals surface area contributed by atoms with Gasteiger partial charge in [0.2, 0.25) is 10.8 Å². The van der Waals surface area contributed by atoms with Crippen LogP contribution >= 0.6 is 0 Å². The molecule has 0 aromatic heterocycles. The largest absolute Gasteiger partial charge is 0.452 e. The zero-order chi connectivity index (χ0) is 13.8. The first-order chi connectivity index (χ1) is 9.13. The van der Waals surface area contributed by atoms with E-state index in [-0.39, 0.29) is 11.5 Å². The third-order valence-electron chi connectivity index (χ3n) is 2.45. The topological polar surface area (TPSA) is 118 Å². The molecule has 7 nitrogen and oxygen atoms in total. The minimum Gasteiger partial charge on any atom is -0.452 e. The summed E-state index contributed by atoms with van der Waals surface area (Å²) in [6, 6.07) is 9.06. The highest BCUT2D eigenvalue weighted by Gasteiger charge is 2.14. The molecule has 0 saturated carbocycles. The second-order valence-corrected chi connectivity index (χ2v) is 3.75. The molecule has 92 valence electrons. The highest BCUT2D eigenvalue weighted by atomic mass is 16.5. The van der Waals surface area contributed by atoms with Crippen LogP contribution in [0.2, 0.25) is 0 Å². The lowest BCUT2D eigenvalue weighted by atomic mass is 10.2. The molecule has 2 rings (SSSR count). The lowest BCUT2D eigenvalue weighted by Gasteiger charge is -2.08. The van der Waals surface area contributed by atoms with Gasteiger partial charge >= 0.3 is 11.4 Å². The van der Waals surface area contributed by atoms with Crippen molar-refractivity contribution in [3.8, 4) is 11.5 Å². The van der Waals surface area contributed by atoms with Crippen LogP contribution in [0.1, 0.15) is 0 Å². The molecule has 0 bridgehead atoms. The third-order valence-corrected chi connectivity index (χ3v) is 2.45. The van der Waals surface area contributed by atoms with Crippen molar-refractivity contribution in [1.29, 1.82) is 10.8 Å². The Labute approximate surface area is 108 Å². The molecule has 0 aliphatic carbocycles. The van der Waals surface area contributed by atoms with Crippen molar-refractivity contribution in [3.63, 3.8) is 0 Å². The minimum atomic E-state index is 0.289. The smallest absolute Gasteiger partial charge is 0.388 e. The Morgan fingerprint density at radius 2 is 1.21 bits per heavy atom. The summed E-state index contributed by atoms with van der Waals surface area (Å²) in [5.74, 6) is 0.578. The van der Waals surface area contributed by atoms with Gasteiger partial charge in [0, 0.05) is 12.1 Å². The van der Waals surface area contributed by atoms with Crippen LogP contribution < -0.4 is 16.2 Å². The highest BCUT2D eigenvalue weighted by molar-refractivity contribution is 5.66. The number of rotatable bonds is 2. The van der Waals surface area contributed by atoms with Crippen LogP contribution in [0.25, 0.3) is 9.95 Å². The molecular weight excluding hydrogens is 244 g/mol. The first-order valence-electron chi connectivity index (χ1n) is 5.31. The molecule has 7 heteroatoms. The van der Waals surface area contributed by atoms with E-state index in [2.05, 4.69) is 9.95 Å². The van der Waals surface area contributed by atoms with Crippen molar-refractivity contribution >= 4 is 22.7 Å². The van der Waals surface area contributed by atoms with Gasteiger partial charge < -0.3 is 16.2 Å². The van der Waals surface area contributed by atoms with Gasteiger partial charge in [-0.05, 0) is 12.1 Å². The molecule has 19 heavy (non-hydrogen) atoms. The number of nitrogens with two attached hydrogens (primary N) is 2. The van der Waals surface area contributed by atoms with Crippen LogP contribution in [0.15, 0.2) is 36.4 Å². The van der Waals surface area contributed by atoms with Gasteiger partial charge in [0.15, 0.2) is 21.5 Å². The summed E-state index contributed by atoms with van der Waals surface area (Å²) in [6.07, 6.45) is 0. The quantitative estimate of drug-likeness (QED) is 0.626. The van der Waals surface area contributed by atoms with E-state index in [1.54, 1.807) is 12.1 Å². The molecule has 0 aliphatic heterocycles. The molecule has 0 unspecified atom stereocenters. The average Bonchev–Trinajstić information content (AvgIpc) is 2.43. The molecule has 0 heterocycles. The number of benzene rings is 2. The molecule has 0 spiro atoms. The van der Waals surface area contributed by atoms with Gasteiger partial charge in [-0.15, -0.1) is 0 Å². The van der Waals surface area contributed by atoms with Gasteiger partial charge in [0.1, 0.15) is 0 Å². The predicted octanol–water partition coefficient (Wildman–Crippen LogP) is 3.61. The van der Waals surface area contributed by atoms with E-state index in [0.29, 0.717) is 22.7 Å². The summed E-state index contributed by atoms with van der Waals surface area (Å²) in [6.45, 7) is 0. The minimum absolute atomic E-state index is 0.289. The second-order valence-electron chi connectivity index (χ2n) is 3.75. The first-order valence-corrected chi connectivity index (χ1v) is 5.31. The zero-order valence-electron chi connectivity index (χ0n) is 9.82. The Morgan fingerprint density at radius 1 is 0.789 bits per heavy atom. The maximum atomic E-state index is 8.71. The molecule has 2 aromatic rings. The highest BCUT2D eigenvalue weighted by Crippen LogP contribution is 2.35. The number of nitrogen functional groups attached to an aromatic ring is 2. The Hall–Kier alpha value is -3.32. The number of ether oxygens (including phenoxy) is 1. The van der Waals surface area contributed by atoms with Crippen LogP contribution in [-0.2, 0) is 0 Å². The monoisotopic (exact) mass is 254 g/mol. The van der Waals surface area contributed by atoms with Crippen molar-refractivity contribution < 1.29 is 4.74 Å².